The molecule has 106 valence electrons. The van der Waals surface area contributed by atoms with Crippen molar-refractivity contribution in [3.8, 4) is 0 Å². The summed E-state index contributed by atoms with van der Waals surface area (Å²) in [6.45, 7) is 9.21. The predicted octanol–water partition coefficient (Wildman–Crippen LogP) is 2.67. The molecule has 1 atom stereocenters. The monoisotopic (exact) mass is 279 g/mol. The molecule has 19 heavy (non-hydrogen) atoms. The molecule has 1 aliphatic carbocycles. The number of aryl methyl sites for hydroxylation is 1. The van der Waals surface area contributed by atoms with Gasteiger partial charge in [-0.1, -0.05) is 6.92 Å². The van der Waals surface area contributed by atoms with Gasteiger partial charge in [0, 0.05) is 23.2 Å². The highest BCUT2D eigenvalue weighted by Crippen LogP contribution is 2.40. The molecule has 1 N–H and O–H groups in total. The van der Waals surface area contributed by atoms with E-state index < -0.39 is 0 Å². The van der Waals surface area contributed by atoms with Crippen LogP contribution < -0.4 is 5.32 Å². The van der Waals surface area contributed by atoms with Crippen LogP contribution in [0.15, 0.2) is 6.20 Å². The van der Waals surface area contributed by atoms with Gasteiger partial charge in [0.15, 0.2) is 0 Å². The van der Waals surface area contributed by atoms with E-state index in [1.165, 1.54) is 48.8 Å². The maximum absolute atomic E-state index is 4.58. The summed E-state index contributed by atoms with van der Waals surface area (Å²) in [4.78, 5) is 8.59. The molecular formula is C15H25N3S. The molecule has 4 heteroatoms. The van der Waals surface area contributed by atoms with Gasteiger partial charge in [-0.25, -0.2) is 4.98 Å². The summed E-state index contributed by atoms with van der Waals surface area (Å²) >= 11 is 1.88. The fraction of sp³-hybridized carbons (Fsp3) is 0.800. The summed E-state index contributed by atoms with van der Waals surface area (Å²) in [6, 6.07) is 0. The number of thiazole rings is 1. The maximum atomic E-state index is 4.58. The largest absolute Gasteiger partial charge is 0.310 e. The summed E-state index contributed by atoms with van der Waals surface area (Å²) in [7, 11) is 0. The van der Waals surface area contributed by atoms with E-state index in [1.807, 2.05) is 11.3 Å². The lowest BCUT2D eigenvalue weighted by molar-refractivity contribution is 0.195. The highest BCUT2D eigenvalue weighted by molar-refractivity contribution is 7.11. The number of rotatable bonds is 4. The van der Waals surface area contributed by atoms with Crippen LogP contribution in [0.1, 0.15) is 43.0 Å². The van der Waals surface area contributed by atoms with E-state index in [9.17, 15) is 0 Å². The molecule has 0 amide bonds. The van der Waals surface area contributed by atoms with Crippen LogP contribution in [0.3, 0.4) is 0 Å². The van der Waals surface area contributed by atoms with Crippen molar-refractivity contribution < 1.29 is 0 Å². The second-order valence-corrected chi connectivity index (χ2v) is 7.46. The van der Waals surface area contributed by atoms with Gasteiger partial charge in [0.25, 0.3) is 0 Å². The number of aromatic nitrogens is 1. The van der Waals surface area contributed by atoms with Crippen LogP contribution in [-0.2, 0) is 13.0 Å². The normalized spacial score (nSPS) is 29.4. The van der Waals surface area contributed by atoms with Crippen molar-refractivity contribution in [2.24, 2.45) is 5.92 Å². The van der Waals surface area contributed by atoms with Crippen LogP contribution in [0, 0.1) is 5.92 Å². The van der Waals surface area contributed by atoms with Gasteiger partial charge in [-0.05, 0) is 51.6 Å². The third-order valence-electron chi connectivity index (χ3n) is 4.52. The Morgan fingerprint density at radius 3 is 3.05 bits per heavy atom. The molecule has 2 heterocycles. The van der Waals surface area contributed by atoms with E-state index >= 15 is 0 Å². The van der Waals surface area contributed by atoms with E-state index in [0.717, 1.165) is 18.9 Å². The molecule has 0 spiro atoms. The van der Waals surface area contributed by atoms with Crippen molar-refractivity contribution in [3.05, 3.63) is 16.1 Å². The minimum atomic E-state index is 0.335. The SMILES string of the molecule is CCc1cnc(CN2CCCNC(C)(C3CC3)C2)s1. The fourth-order valence-electron chi connectivity index (χ4n) is 3.18. The van der Waals surface area contributed by atoms with Crippen LogP contribution in [0.2, 0.25) is 0 Å². The Morgan fingerprint density at radius 2 is 2.37 bits per heavy atom. The van der Waals surface area contributed by atoms with Crippen LogP contribution >= 0.6 is 11.3 Å². The molecular weight excluding hydrogens is 254 g/mol. The minimum Gasteiger partial charge on any atom is -0.310 e. The van der Waals surface area contributed by atoms with Crippen LogP contribution in [-0.4, -0.2) is 35.1 Å². The van der Waals surface area contributed by atoms with E-state index in [0.29, 0.717) is 5.54 Å². The van der Waals surface area contributed by atoms with Crippen molar-refractivity contribution in [2.75, 3.05) is 19.6 Å². The van der Waals surface area contributed by atoms with E-state index in [-0.39, 0.29) is 0 Å². The number of nitrogens with zero attached hydrogens (tertiary/aromatic N) is 2. The van der Waals surface area contributed by atoms with Gasteiger partial charge in [0.05, 0.1) is 6.54 Å². The first-order valence-electron chi connectivity index (χ1n) is 7.60. The molecule has 1 saturated heterocycles. The van der Waals surface area contributed by atoms with Crippen molar-refractivity contribution >= 4 is 11.3 Å². The van der Waals surface area contributed by atoms with Gasteiger partial charge in [-0.15, -0.1) is 11.3 Å². The van der Waals surface area contributed by atoms with E-state index in [2.05, 4.69) is 35.2 Å². The third kappa shape index (κ3) is 3.18. The molecule has 2 aliphatic rings. The lowest BCUT2D eigenvalue weighted by atomic mass is 9.95. The quantitative estimate of drug-likeness (QED) is 0.918. The van der Waals surface area contributed by atoms with E-state index in [1.54, 1.807) is 0 Å². The van der Waals surface area contributed by atoms with Crippen LogP contribution in [0.5, 0.6) is 0 Å². The predicted molar refractivity (Wildman–Crippen MR) is 80.5 cm³/mol. The highest BCUT2D eigenvalue weighted by atomic mass is 32.1. The Morgan fingerprint density at radius 1 is 1.53 bits per heavy atom. The summed E-state index contributed by atoms with van der Waals surface area (Å²) in [5.41, 5.74) is 0.335. The zero-order valence-electron chi connectivity index (χ0n) is 12.1. The topological polar surface area (TPSA) is 28.2 Å². The maximum Gasteiger partial charge on any atom is 0.107 e. The van der Waals surface area contributed by atoms with Gasteiger partial charge in [-0.3, -0.25) is 4.90 Å². The molecule has 1 aromatic heterocycles. The molecule has 1 aromatic rings. The first-order valence-corrected chi connectivity index (χ1v) is 8.42. The Hall–Kier alpha value is -0.450. The standard InChI is InChI=1S/C15H25N3S/c1-3-13-9-16-14(19-13)10-18-8-4-7-17-15(2,11-18)12-5-6-12/h9,12,17H,3-8,10-11H2,1-2H3. The van der Waals surface area contributed by atoms with Crippen molar-refractivity contribution in [1.29, 1.82) is 0 Å². The summed E-state index contributed by atoms with van der Waals surface area (Å²) < 4.78 is 0. The Balaban J connectivity index is 1.65. The average molecular weight is 279 g/mol. The molecule has 1 saturated carbocycles. The Bertz CT molecular complexity index is 427. The van der Waals surface area contributed by atoms with Gasteiger partial charge in [0.2, 0.25) is 0 Å². The zero-order chi connectivity index (χ0) is 13.3. The lowest BCUT2D eigenvalue weighted by Crippen LogP contribution is -2.50. The lowest BCUT2D eigenvalue weighted by Gasteiger charge is -2.33. The molecule has 3 nitrogen and oxygen atoms in total. The summed E-state index contributed by atoms with van der Waals surface area (Å²) in [5.74, 6) is 0.899. The van der Waals surface area contributed by atoms with Crippen molar-refractivity contribution in [1.82, 2.24) is 15.2 Å². The molecule has 3 rings (SSSR count). The molecule has 0 radical (unpaired) electrons. The number of hydrogen-bond donors (Lipinski definition) is 1. The molecule has 0 bridgehead atoms. The minimum absolute atomic E-state index is 0.335. The Labute approximate surface area is 120 Å². The van der Waals surface area contributed by atoms with Crippen LogP contribution in [0.4, 0.5) is 0 Å². The number of nitrogens with one attached hydrogen (secondary N) is 1. The first kappa shape index (κ1) is 13.5. The summed E-state index contributed by atoms with van der Waals surface area (Å²) in [5, 5.41) is 5.08. The molecule has 1 unspecified atom stereocenters. The van der Waals surface area contributed by atoms with Gasteiger partial charge < -0.3 is 5.32 Å². The van der Waals surface area contributed by atoms with E-state index in [4.69, 9.17) is 0 Å². The zero-order valence-corrected chi connectivity index (χ0v) is 12.9. The second-order valence-electron chi connectivity index (χ2n) is 6.26. The van der Waals surface area contributed by atoms with Gasteiger partial charge in [-0.2, -0.15) is 0 Å². The van der Waals surface area contributed by atoms with Crippen molar-refractivity contribution in [2.45, 2.75) is 51.6 Å². The van der Waals surface area contributed by atoms with Gasteiger partial charge >= 0.3 is 0 Å². The van der Waals surface area contributed by atoms with Crippen LogP contribution in [0.25, 0.3) is 0 Å². The average Bonchev–Trinajstić information content (AvgIpc) is 3.18. The Kier molecular flexibility index (Phi) is 3.92. The second kappa shape index (κ2) is 5.51. The fourth-order valence-corrected chi connectivity index (χ4v) is 4.09. The highest BCUT2D eigenvalue weighted by Gasteiger charge is 2.42. The number of hydrogen-bond acceptors (Lipinski definition) is 4. The van der Waals surface area contributed by atoms with Crippen molar-refractivity contribution in [3.63, 3.8) is 0 Å². The summed E-state index contributed by atoms with van der Waals surface area (Å²) in [6.07, 6.45) is 7.24. The smallest absolute Gasteiger partial charge is 0.107 e. The first-order chi connectivity index (χ1) is 9.19. The van der Waals surface area contributed by atoms with Gasteiger partial charge in [0.1, 0.15) is 5.01 Å². The molecule has 0 aromatic carbocycles. The molecule has 2 fully saturated rings. The molecule has 1 aliphatic heterocycles. The third-order valence-corrected chi connectivity index (χ3v) is 5.65.